The van der Waals surface area contributed by atoms with Crippen LogP contribution in [-0.2, 0) is 6.42 Å². The Morgan fingerprint density at radius 2 is 2.00 bits per heavy atom. The maximum atomic E-state index is 5.91. The topological polar surface area (TPSA) is 29.3 Å². The molecule has 1 aromatic carbocycles. The summed E-state index contributed by atoms with van der Waals surface area (Å²) in [5, 5.41) is 0. The molecule has 2 aliphatic carbocycles. The number of anilines is 1. The third-order valence-electron chi connectivity index (χ3n) is 4.34. The minimum absolute atomic E-state index is 0.246. The molecule has 0 saturated heterocycles. The van der Waals surface area contributed by atoms with E-state index >= 15 is 0 Å². The zero-order chi connectivity index (χ0) is 13.4. The van der Waals surface area contributed by atoms with Gasteiger partial charge < -0.3 is 10.6 Å². The lowest BCUT2D eigenvalue weighted by Crippen LogP contribution is -2.28. The molecule has 2 nitrogen and oxygen atoms in total. The molecule has 3 rings (SSSR count). The molecule has 1 unspecified atom stereocenters. The first-order chi connectivity index (χ1) is 9.13. The van der Waals surface area contributed by atoms with Gasteiger partial charge in [0, 0.05) is 24.3 Å². The van der Waals surface area contributed by atoms with Crippen molar-refractivity contribution in [1.82, 2.24) is 0 Å². The first-order valence-corrected chi connectivity index (χ1v) is 7.75. The molecular weight excluding hydrogens is 232 g/mol. The molecule has 2 N–H and O–H groups in total. The van der Waals surface area contributed by atoms with Crippen LogP contribution in [0, 0.1) is 12.8 Å². The molecule has 0 spiro atoms. The van der Waals surface area contributed by atoms with Gasteiger partial charge in [-0.1, -0.05) is 6.07 Å². The summed E-state index contributed by atoms with van der Waals surface area (Å²) in [6.07, 6.45) is 6.62. The van der Waals surface area contributed by atoms with Gasteiger partial charge in [0.1, 0.15) is 0 Å². The van der Waals surface area contributed by atoms with Crippen molar-refractivity contribution in [3.63, 3.8) is 0 Å². The fraction of sp³-hybridized carbons (Fsp3) is 0.647. The predicted molar refractivity (Wildman–Crippen MR) is 81.6 cm³/mol. The van der Waals surface area contributed by atoms with Crippen LogP contribution in [0.3, 0.4) is 0 Å². The molecule has 0 heterocycles. The number of benzene rings is 1. The largest absolute Gasteiger partial charge is 0.368 e. The molecular formula is C17H26N2. The Morgan fingerprint density at radius 3 is 2.53 bits per heavy atom. The van der Waals surface area contributed by atoms with Gasteiger partial charge in [-0.15, -0.1) is 0 Å². The minimum Gasteiger partial charge on any atom is -0.368 e. The smallest absolute Gasteiger partial charge is 0.0371 e. The van der Waals surface area contributed by atoms with Gasteiger partial charge >= 0.3 is 0 Å². The number of nitrogens with two attached hydrogens (primary N) is 1. The lowest BCUT2D eigenvalue weighted by atomic mass is 10.0. The van der Waals surface area contributed by atoms with E-state index in [4.69, 9.17) is 5.73 Å². The van der Waals surface area contributed by atoms with Crippen LogP contribution in [0.5, 0.6) is 0 Å². The molecule has 0 bridgehead atoms. The Bertz CT molecular complexity index is 445. The number of rotatable bonds is 6. The Balaban J connectivity index is 1.76. The average molecular weight is 258 g/mol. The monoisotopic (exact) mass is 258 g/mol. The van der Waals surface area contributed by atoms with Gasteiger partial charge in [0.15, 0.2) is 0 Å². The zero-order valence-electron chi connectivity index (χ0n) is 12.2. The second-order valence-electron chi connectivity index (χ2n) is 6.62. The highest BCUT2D eigenvalue weighted by Gasteiger charge is 2.33. The van der Waals surface area contributed by atoms with E-state index < -0.39 is 0 Å². The van der Waals surface area contributed by atoms with Crippen LogP contribution >= 0.6 is 0 Å². The number of nitrogens with zero attached hydrogens (tertiary/aromatic N) is 1. The number of aryl methyl sites for hydroxylation is 1. The standard InChI is InChI=1S/C17H26N2/c1-12-9-17(6-5-15(12)10-13(2)18)19(16-7-8-16)11-14-3-4-14/h5-6,9,13-14,16H,3-4,7-8,10-11,18H2,1-2H3. The highest BCUT2D eigenvalue weighted by molar-refractivity contribution is 5.53. The molecule has 0 radical (unpaired) electrons. The van der Waals surface area contributed by atoms with Crippen molar-refractivity contribution < 1.29 is 0 Å². The van der Waals surface area contributed by atoms with Crippen molar-refractivity contribution in [3.05, 3.63) is 29.3 Å². The van der Waals surface area contributed by atoms with Crippen LogP contribution < -0.4 is 10.6 Å². The molecule has 2 saturated carbocycles. The van der Waals surface area contributed by atoms with Gasteiger partial charge in [-0.2, -0.15) is 0 Å². The van der Waals surface area contributed by atoms with E-state index in [9.17, 15) is 0 Å². The third kappa shape index (κ3) is 3.30. The third-order valence-corrected chi connectivity index (χ3v) is 4.34. The van der Waals surface area contributed by atoms with Crippen LogP contribution in [0.15, 0.2) is 18.2 Å². The maximum Gasteiger partial charge on any atom is 0.0371 e. The quantitative estimate of drug-likeness (QED) is 0.848. The highest BCUT2D eigenvalue weighted by Crippen LogP contribution is 2.38. The molecule has 0 aromatic heterocycles. The van der Waals surface area contributed by atoms with E-state index in [1.54, 1.807) is 0 Å². The molecule has 2 heteroatoms. The van der Waals surface area contributed by atoms with Crippen LogP contribution in [0.25, 0.3) is 0 Å². The molecule has 2 aliphatic rings. The van der Waals surface area contributed by atoms with Crippen LogP contribution in [-0.4, -0.2) is 18.6 Å². The number of hydrogen-bond donors (Lipinski definition) is 1. The molecule has 0 amide bonds. The van der Waals surface area contributed by atoms with Gasteiger partial charge in [-0.05, 0) is 75.1 Å². The molecule has 2 fully saturated rings. The summed E-state index contributed by atoms with van der Waals surface area (Å²) in [5.41, 5.74) is 10.1. The Labute approximate surface area is 117 Å². The summed E-state index contributed by atoms with van der Waals surface area (Å²) in [6.45, 7) is 5.58. The zero-order valence-corrected chi connectivity index (χ0v) is 12.2. The number of hydrogen-bond acceptors (Lipinski definition) is 2. The predicted octanol–water partition coefficient (Wildman–Crippen LogP) is 3.26. The fourth-order valence-corrected chi connectivity index (χ4v) is 2.86. The fourth-order valence-electron chi connectivity index (χ4n) is 2.86. The molecule has 1 aromatic rings. The van der Waals surface area contributed by atoms with E-state index in [0.29, 0.717) is 0 Å². The summed E-state index contributed by atoms with van der Waals surface area (Å²) >= 11 is 0. The van der Waals surface area contributed by atoms with Crippen molar-refractivity contribution in [3.8, 4) is 0 Å². The molecule has 1 atom stereocenters. The SMILES string of the molecule is Cc1cc(N(CC2CC2)C2CC2)ccc1CC(C)N. The summed E-state index contributed by atoms with van der Waals surface area (Å²) in [5.74, 6) is 0.963. The molecule has 19 heavy (non-hydrogen) atoms. The molecule has 104 valence electrons. The van der Waals surface area contributed by atoms with Gasteiger partial charge in [-0.25, -0.2) is 0 Å². The summed E-state index contributed by atoms with van der Waals surface area (Å²) < 4.78 is 0. The van der Waals surface area contributed by atoms with Crippen LogP contribution in [0.2, 0.25) is 0 Å². The van der Waals surface area contributed by atoms with E-state index in [0.717, 1.165) is 18.4 Å². The first kappa shape index (κ1) is 13.0. The minimum atomic E-state index is 0.246. The molecule has 0 aliphatic heterocycles. The van der Waals surface area contributed by atoms with E-state index in [1.165, 1.54) is 49.0 Å². The van der Waals surface area contributed by atoms with Crippen molar-refractivity contribution in [2.75, 3.05) is 11.4 Å². The Hall–Kier alpha value is -1.02. The Kier molecular flexibility index (Phi) is 3.53. The van der Waals surface area contributed by atoms with Crippen molar-refractivity contribution in [1.29, 1.82) is 0 Å². The van der Waals surface area contributed by atoms with Gasteiger partial charge in [0.05, 0.1) is 0 Å². The average Bonchev–Trinajstić information content (AvgIpc) is 3.22. The highest BCUT2D eigenvalue weighted by atomic mass is 15.2. The van der Waals surface area contributed by atoms with Gasteiger partial charge in [0.2, 0.25) is 0 Å². The van der Waals surface area contributed by atoms with E-state index in [2.05, 4.69) is 36.9 Å². The first-order valence-electron chi connectivity index (χ1n) is 7.75. The summed E-state index contributed by atoms with van der Waals surface area (Å²) in [6, 6.07) is 8.04. The maximum absolute atomic E-state index is 5.91. The normalized spacial score (nSPS) is 20.4. The van der Waals surface area contributed by atoms with Crippen molar-refractivity contribution in [2.24, 2.45) is 11.7 Å². The lowest BCUT2D eigenvalue weighted by Gasteiger charge is -2.26. The van der Waals surface area contributed by atoms with E-state index in [1.807, 2.05) is 0 Å². The van der Waals surface area contributed by atoms with Gasteiger partial charge in [-0.3, -0.25) is 0 Å². The summed E-state index contributed by atoms with van der Waals surface area (Å²) in [4.78, 5) is 2.65. The van der Waals surface area contributed by atoms with Crippen LogP contribution in [0.1, 0.15) is 43.7 Å². The van der Waals surface area contributed by atoms with Gasteiger partial charge in [0.25, 0.3) is 0 Å². The van der Waals surface area contributed by atoms with Crippen molar-refractivity contribution in [2.45, 2.75) is 58.0 Å². The second-order valence-corrected chi connectivity index (χ2v) is 6.62. The van der Waals surface area contributed by atoms with E-state index in [-0.39, 0.29) is 6.04 Å². The lowest BCUT2D eigenvalue weighted by molar-refractivity contribution is 0.715. The van der Waals surface area contributed by atoms with Crippen LogP contribution in [0.4, 0.5) is 5.69 Å². The Morgan fingerprint density at radius 1 is 1.26 bits per heavy atom. The summed E-state index contributed by atoms with van der Waals surface area (Å²) in [7, 11) is 0. The van der Waals surface area contributed by atoms with Crippen molar-refractivity contribution >= 4 is 5.69 Å². The second kappa shape index (κ2) is 5.16.